The fourth-order valence-corrected chi connectivity index (χ4v) is 4.08. The van der Waals surface area contributed by atoms with Crippen molar-refractivity contribution in [1.82, 2.24) is 9.99 Å². The molecule has 1 heterocycles. The predicted octanol–water partition coefficient (Wildman–Crippen LogP) is 5.36. The number of hydrazone groups is 1. The molecule has 4 rings (SSSR count). The molecule has 1 N–H and O–H groups in total. The number of fused-ring (bicyclic) bond motifs is 1. The van der Waals surface area contributed by atoms with Gasteiger partial charge in [0.2, 0.25) is 5.91 Å². The van der Waals surface area contributed by atoms with E-state index >= 15 is 0 Å². The van der Waals surface area contributed by atoms with Crippen LogP contribution < -0.4 is 5.43 Å². The van der Waals surface area contributed by atoms with E-state index in [2.05, 4.69) is 49.2 Å². The van der Waals surface area contributed by atoms with Crippen LogP contribution in [0, 0.1) is 17.0 Å². The van der Waals surface area contributed by atoms with E-state index in [0.29, 0.717) is 12.1 Å². The maximum atomic E-state index is 12.3. The maximum Gasteiger partial charge on any atom is 0.273 e. The number of nitro groups is 1. The molecule has 0 aliphatic heterocycles. The lowest BCUT2D eigenvalue weighted by atomic mass is 10.1. The van der Waals surface area contributed by atoms with Crippen LogP contribution in [0.1, 0.15) is 22.4 Å². The van der Waals surface area contributed by atoms with Crippen LogP contribution in [0.5, 0.6) is 0 Å². The van der Waals surface area contributed by atoms with Crippen LogP contribution in [-0.2, 0) is 17.8 Å². The Morgan fingerprint density at radius 3 is 2.55 bits per heavy atom. The second-order valence-corrected chi connectivity index (χ2v) is 8.50. The first-order valence-electron chi connectivity index (χ1n) is 10.3. The van der Waals surface area contributed by atoms with Gasteiger partial charge in [-0.1, -0.05) is 64.5 Å². The van der Waals surface area contributed by atoms with Crippen molar-refractivity contribution in [1.29, 1.82) is 0 Å². The maximum absolute atomic E-state index is 12.3. The summed E-state index contributed by atoms with van der Waals surface area (Å²) in [4.78, 5) is 23.0. The first-order valence-corrected chi connectivity index (χ1v) is 11.1. The molecule has 0 bridgehead atoms. The van der Waals surface area contributed by atoms with Crippen molar-refractivity contribution >= 4 is 44.6 Å². The number of carbonyl (C=O) groups excluding carboxylic acids is 1. The summed E-state index contributed by atoms with van der Waals surface area (Å²) in [5.74, 6) is -0.420. The lowest BCUT2D eigenvalue weighted by Gasteiger charge is -2.09. The zero-order valence-corrected chi connectivity index (χ0v) is 19.5. The SMILES string of the molecule is Cc1c(/C=N/NC(=O)Cc2ccccc2[N+](=O)[O-])c2ccccc2n1Cc1ccc(Br)cc1. The monoisotopic (exact) mass is 504 g/mol. The van der Waals surface area contributed by atoms with E-state index in [0.717, 1.165) is 26.6 Å². The number of hydrogen-bond acceptors (Lipinski definition) is 4. The highest BCUT2D eigenvalue weighted by atomic mass is 79.9. The minimum atomic E-state index is -0.491. The molecule has 1 aromatic heterocycles. The van der Waals surface area contributed by atoms with Gasteiger partial charge in [0, 0.05) is 44.8 Å². The van der Waals surface area contributed by atoms with Gasteiger partial charge in [-0.25, -0.2) is 5.43 Å². The molecule has 7 nitrogen and oxygen atoms in total. The van der Waals surface area contributed by atoms with Gasteiger partial charge in [0.15, 0.2) is 0 Å². The highest BCUT2D eigenvalue weighted by Gasteiger charge is 2.16. The van der Waals surface area contributed by atoms with Crippen molar-refractivity contribution in [2.45, 2.75) is 19.9 Å². The zero-order valence-electron chi connectivity index (χ0n) is 17.9. The second-order valence-electron chi connectivity index (χ2n) is 7.58. The molecule has 0 atom stereocenters. The Morgan fingerprint density at radius 2 is 1.79 bits per heavy atom. The molecular formula is C25H21BrN4O3. The molecule has 1 amide bonds. The molecule has 0 fully saturated rings. The zero-order chi connectivity index (χ0) is 23.4. The Balaban J connectivity index is 1.55. The summed E-state index contributed by atoms with van der Waals surface area (Å²) in [7, 11) is 0. The van der Waals surface area contributed by atoms with Gasteiger partial charge in [-0.15, -0.1) is 0 Å². The molecular weight excluding hydrogens is 484 g/mol. The number of nitrogens with one attached hydrogen (secondary N) is 1. The van der Waals surface area contributed by atoms with Gasteiger partial charge in [-0.3, -0.25) is 14.9 Å². The molecule has 0 saturated heterocycles. The highest BCUT2D eigenvalue weighted by Crippen LogP contribution is 2.26. The summed E-state index contributed by atoms with van der Waals surface area (Å²) in [5.41, 5.74) is 6.94. The average Bonchev–Trinajstić information content (AvgIpc) is 3.07. The molecule has 166 valence electrons. The topological polar surface area (TPSA) is 89.5 Å². The van der Waals surface area contributed by atoms with Crippen LogP contribution >= 0.6 is 15.9 Å². The third kappa shape index (κ3) is 5.01. The van der Waals surface area contributed by atoms with Crippen molar-refractivity contribution in [2.75, 3.05) is 0 Å². The highest BCUT2D eigenvalue weighted by molar-refractivity contribution is 9.10. The number of halogens is 1. The molecule has 0 radical (unpaired) electrons. The van der Waals surface area contributed by atoms with E-state index in [1.807, 2.05) is 37.3 Å². The Kier molecular flexibility index (Phi) is 6.65. The summed E-state index contributed by atoms with van der Waals surface area (Å²) in [6, 6.07) is 22.4. The van der Waals surface area contributed by atoms with Crippen LogP contribution in [0.15, 0.2) is 82.4 Å². The van der Waals surface area contributed by atoms with E-state index < -0.39 is 10.8 Å². The quantitative estimate of drug-likeness (QED) is 0.208. The van der Waals surface area contributed by atoms with Gasteiger partial charge in [0.1, 0.15) is 0 Å². The van der Waals surface area contributed by atoms with Gasteiger partial charge < -0.3 is 4.57 Å². The lowest BCUT2D eigenvalue weighted by Crippen LogP contribution is -2.20. The third-order valence-electron chi connectivity index (χ3n) is 5.46. The van der Waals surface area contributed by atoms with Crippen LogP contribution in [0.2, 0.25) is 0 Å². The number of rotatable bonds is 7. The molecule has 0 aliphatic rings. The van der Waals surface area contributed by atoms with Crippen LogP contribution in [0.3, 0.4) is 0 Å². The number of para-hydroxylation sites is 2. The van der Waals surface area contributed by atoms with Crippen molar-refractivity contribution < 1.29 is 9.72 Å². The first kappa shape index (κ1) is 22.4. The summed E-state index contributed by atoms with van der Waals surface area (Å²) in [6.07, 6.45) is 1.51. The molecule has 0 saturated carbocycles. The molecule has 33 heavy (non-hydrogen) atoms. The molecule has 0 spiro atoms. The summed E-state index contributed by atoms with van der Waals surface area (Å²) in [5, 5.41) is 16.3. The van der Waals surface area contributed by atoms with E-state index in [1.54, 1.807) is 24.4 Å². The third-order valence-corrected chi connectivity index (χ3v) is 5.98. The molecule has 4 aromatic rings. The standard InChI is InChI=1S/C25H21BrN4O3/c1-17-22(15-27-28-25(31)14-19-6-2-4-8-23(19)30(32)33)21-7-3-5-9-24(21)29(17)16-18-10-12-20(26)13-11-18/h2-13,15H,14,16H2,1H3,(H,28,31)/b27-15+. The summed E-state index contributed by atoms with van der Waals surface area (Å²) >= 11 is 3.47. The molecule has 3 aromatic carbocycles. The minimum Gasteiger partial charge on any atom is -0.340 e. The van der Waals surface area contributed by atoms with Crippen LogP contribution in [-0.4, -0.2) is 21.6 Å². The van der Waals surface area contributed by atoms with Gasteiger partial charge >= 0.3 is 0 Å². The van der Waals surface area contributed by atoms with Gasteiger partial charge in [0.25, 0.3) is 5.69 Å². The van der Waals surface area contributed by atoms with Crippen molar-refractivity contribution in [3.05, 3.63) is 110 Å². The number of nitrogens with zero attached hydrogens (tertiary/aromatic N) is 3. The van der Waals surface area contributed by atoms with Crippen molar-refractivity contribution in [3.63, 3.8) is 0 Å². The average molecular weight is 505 g/mol. The normalized spacial score (nSPS) is 11.2. The predicted molar refractivity (Wildman–Crippen MR) is 132 cm³/mol. The van der Waals surface area contributed by atoms with E-state index in [-0.39, 0.29) is 12.1 Å². The number of amides is 1. The smallest absolute Gasteiger partial charge is 0.273 e. The van der Waals surface area contributed by atoms with E-state index in [1.165, 1.54) is 11.6 Å². The molecule has 0 aliphatic carbocycles. The number of carbonyl (C=O) groups is 1. The second kappa shape index (κ2) is 9.79. The summed E-state index contributed by atoms with van der Waals surface area (Å²) < 4.78 is 3.25. The van der Waals surface area contributed by atoms with Crippen LogP contribution in [0.25, 0.3) is 10.9 Å². The Morgan fingerprint density at radius 1 is 1.09 bits per heavy atom. The van der Waals surface area contributed by atoms with Gasteiger partial charge in [0.05, 0.1) is 17.6 Å². The van der Waals surface area contributed by atoms with E-state index in [4.69, 9.17) is 0 Å². The lowest BCUT2D eigenvalue weighted by molar-refractivity contribution is -0.385. The van der Waals surface area contributed by atoms with E-state index in [9.17, 15) is 14.9 Å². The number of benzene rings is 3. The Bertz CT molecular complexity index is 1360. The van der Waals surface area contributed by atoms with Crippen molar-refractivity contribution in [2.24, 2.45) is 5.10 Å². The van der Waals surface area contributed by atoms with Crippen LogP contribution in [0.4, 0.5) is 5.69 Å². The first-order chi connectivity index (χ1) is 15.9. The van der Waals surface area contributed by atoms with Gasteiger partial charge in [-0.2, -0.15) is 5.10 Å². The summed E-state index contributed by atoms with van der Waals surface area (Å²) in [6.45, 7) is 2.73. The minimum absolute atomic E-state index is 0.0801. The Labute approximate surface area is 199 Å². The molecule has 0 unspecified atom stereocenters. The fourth-order valence-electron chi connectivity index (χ4n) is 3.82. The number of nitro benzene ring substituents is 1. The van der Waals surface area contributed by atoms with Gasteiger partial charge in [-0.05, 0) is 30.7 Å². The number of aromatic nitrogens is 1. The van der Waals surface area contributed by atoms with Crippen molar-refractivity contribution in [3.8, 4) is 0 Å². The molecule has 8 heteroatoms. The fraction of sp³-hybridized carbons (Fsp3) is 0.120. The largest absolute Gasteiger partial charge is 0.340 e. The Hall–Kier alpha value is -3.78. The number of hydrogen-bond donors (Lipinski definition) is 1.